The molecule has 2 aromatic carbocycles. The third-order valence-corrected chi connectivity index (χ3v) is 7.35. The number of aryl methyl sites for hydroxylation is 2. The van der Waals surface area contributed by atoms with E-state index < -0.39 is 11.7 Å². The first-order valence-corrected chi connectivity index (χ1v) is 13.4. The van der Waals surface area contributed by atoms with Crippen LogP contribution in [-0.2, 0) is 18.3 Å². The molecule has 1 aliphatic heterocycles. The normalized spacial score (nSPS) is 18.2. The fourth-order valence-corrected chi connectivity index (χ4v) is 5.45. The van der Waals surface area contributed by atoms with Crippen molar-refractivity contribution in [3.05, 3.63) is 54.1 Å². The molecule has 0 spiro atoms. The lowest BCUT2D eigenvalue weighted by molar-refractivity contribution is 0.0412. The summed E-state index contributed by atoms with van der Waals surface area (Å²) in [5, 5.41) is 4.12. The van der Waals surface area contributed by atoms with E-state index in [4.69, 9.17) is 9.72 Å². The molecule has 2 atom stereocenters. The van der Waals surface area contributed by atoms with Crippen molar-refractivity contribution in [2.24, 2.45) is 7.05 Å². The summed E-state index contributed by atoms with van der Waals surface area (Å²) in [6.45, 7) is 11.0. The van der Waals surface area contributed by atoms with Gasteiger partial charge < -0.3 is 24.1 Å². The summed E-state index contributed by atoms with van der Waals surface area (Å²) in [6, 6.07) is 16.2. The Morgan fingerprint density at radius 1 is 1.08 bits per heavy atom. The molecule has 0 aliphatic carbocycles. The van der Waals surface area contributed by atoms with Gasteiger partial charge in [-0.3, -0.25) is 4.79 Å². The molecular formula is C30H37N5O3. The number of amides is 2. The number of fused-ring (bicyclic) bond motifs is 2. The molecule has 1 aliphatic rings. The molecule has 1 N–H and O–H groups in total. The first-order valence-electron chi connectivity index (χ1n) is 13.4. The van der Waals surface area contributed by atoms with Crippen LogP contribution in [-0.4, -0.2) is 55.2 Å². The lowest BCUT2D eigenvalue weighted by Crippen LogP contribution is -2.53. The van der Waals surface area contributed by atoms with E-state index in [-0.39, 0.29) is 18.0 Å². The van der Waals surface area contributed by atoms with Crippen molar-refractivity contribution >= 4 is 33.9 Å². The van der Waals surface area contributed by atoms with E-state index in [1.807, 2.05) is 57.0 Å². The summed E-state index contributed by atoms with van der Waals surface area (Å²) >= 11 is 0. The molecule has 5 rings (SSSR count). The number of carbonyl (C=O) groups excluding carboxylic acids is 2. The lowest BCUT2D eigenvalue weighted by Gasteiger charge is -2.38. The van der Waals surface area contributed by atoms with Gasteiger partial charge in [-0.2, -0.15) is 0 Å². The Morgan fingerprint density at radius 2 is 1.84 bits per heavy atom. The van der Waals surface area contributed by atoms with Crippen LogP contribution in [0.3, 0.4) is 0 Å². The third-order valence-electron chi connectivity index (χ3n) is 7.35. The Kier molecular flexibility index (Phi) is 6.67. The van der Waals surface area contributed by atoms with Gasteiger partial charge in [-0.1, -0.05) is 18.2 Å². The number of benzene rings is 2. The number of hydrogen-bond acceptors (Lipinski definition) is 4. The van der Waals surface area contributed by atoms with E-state index in [2.05, 4.69) is 52.6 Å². The van der Waals surface area contributed by atoms with Crippen LogP contribution in [0.1, 0.15) is 57.8 Å². The second-order valence-electron chi connectivity index (χ2n) is 11.3. The SMILES string of the molecule is CCn1c(-c2nc3cc(C(=O)N4CC(NC(=O)OC(C)(C)C)CCC4C)ccc3n2C)cc2ccccc21. The summed E-state index contributed by atoms with van der Waals surface area (Å²) in [5.41, 5.74) is 4.03. The standard InChI is InChI=1S/C30H37N5O3/c1-7-34-24-11-9-8-10-20(24)17-26(34)27-32-23-16-21(13-15-25(23)33(27)6)28(36)35-18-22(14-12-19(35)2)31-29(37)38-30(3,4)5/h8-11,13,15-17,19,22H,7,12,14,18H2,1-6H3,(H,31,37). The minimum absolute atomic E-state index is 0.0510. The van der Waals surface area contributed by atoms with Crippen molar-refractivity contribution in [3.63, 3.8) is 0 Å². The van der Waals surface area contributed by atoms with Crippen LogP contribution in [0.4, 0.5) is 4.79 Å². The van der Waals surface area contributed by atoms with Gasteiger partial charge in [0.2, 0.25) is 0 Å². The molecule has 2 amide bonds. The second kappa shape index (κ2) is 9.82. The van der Waals surface area contributed by atoms with Gasteiger partial charge in [0.25, 0.3) is 5.91 Å². The number of nitrogens with zero attached hydrogens (tertiary/aromatic N) is 4. The molecule has 4 aromatic rings. The van der Waals surface area contributed by atoms with Crippen LogP contribution in [0, 0.1) is 0 Å². The lowest BCUT2D eigenvalue weighted by atomic mass is 9.98. The summed E-state index contributed by atoms with van der Waals surface area (Å²) in [5.74, 6) is 0.820. The van der Waals surface area contributed by atoms with E-state index >= 15 is 0 Å². The molecule has 8 nitrogen and oxygen atoms in total. The highest BCUT2D eigenvalue weighted by Crippen LogP contribution is 2.30. The molecule has 2 unspecified atom stereocenters. The van der Waals surface area contributed by atoms with Gasteiger partial charge in [0.15, 0.2) is 5.82 Å². The first-order chi connectivity index (χ1) is 18.1. The number of likely N-dealkylation sites (tertiary alicyclic amines) is 1. The minimum atomic E-state index is -0.565. The minimum Gasteiger partial charge on any atom is -0.444 e. The molecular weight excluding hydrogens is 478 g/mol. The van der Waals surface area contributed by atoms with Gasteiger partial charge in [-0.25, -0.2) is 9.78 Å². The fourth-order valence-electron chi connectivity index (χ4n) is 5.45. The van der Waals surface area contributed by atoms with E-state index in [9.17, 15) is 9.59 Å². The van der Waals surface area contributed by atoms with Gasteiger partial charge in [-0.15, -0.1) is 0 Å². The maximum absolute atomic E-state index is 13.6. The van der Waals surface area contributed by atoms with Gasteiger partial charge in [0, 0.05) is 48.7 Å². The molecule has 3 heterocycles. The molecule has 8 heteroatoms. The van der Waals surface area contributed by atoms with Crippen molar-refractivity contribution in [1.82, 2.24) is 24.3 Å². The maximum Gasteiger partial charge on any atom is 0.407 e. The van der Waals surface area contributed by atoms with Crippen LogP contribution in [0.5, 0.6) is 0 Å². The number of hydrogen-bond donors (Lipinski definition) is 1. The number of rotatable bonds is 4. The Hall–Kier alpha value is -3.81. The Balaban J connectivity index is 1.41. The predicted molar refractivity (Wildman–Crippen MR) is 150 cm³/mol. The van der Waals surface area contributed by atoms with Gasteiger partial charge >= 0.3 is 6.09 Å². The first kappa shape index (κ1) is 25.8. The van der Waals surface area contributed by atoms with E-state index in [0.717, 1.165) is 41.9 Å². The molecule has 0 radical (unpaired) electrons. The summed E-state index contributed by atoms with van der Waals surface area (Å²) in [6.07, 6.45) is 1.17. The van der Waals surface area contributed by atoms with Crippen molar-refractivity contribution in [2.75, 3.05) is 6.54 Å². The van der Waals surface area contributed by atoms with E-state index in [1.165, 1.54) is 10.9 Å². The van der Waals surface area contributed by atoms with Gasteiger partial charge in [0.05, 0.1) is 16.7 Å². The summed E-state index contributed by atoms with van der Waals surface area (Å²) in [7, 11) is 2.02. The highest BCUT2D eigenvalue weighted by molar-refractivity contribution is 5.98. The maximum atomic E-state index is 13.6. The van der Waals surface area contributed by atoms with Gasteiger partial charge in [0.1, 0.15) is 5.60 Å². The fraction of sp³-hybridized carbons (Fsp3) is 0.433. The van der Waals surface area contributed by atoms with Crippen molar-refractivity contribution in [3.8, 4) is 11.5 Å². The average Bonchev–Trinajstić information content (AvgIpc) is 3.40. The highest BCUT2D eigenvalue weighted by Gasteiger charge is 2.31. The van der Waals surface area contributed by atoms with E-state index in [0.29, 0.717) is 12.1 Å². The van der Waals surface area contributed by atoms with Crippen LogP contribution >= 0.6 is 0 Å². The zero-order valence-electron chi connectivity index (χ0n) is 23.1. The smallest absolute Gasteiger partial charge is 0.407 e. The second-order valence-corrected chi connectivity index (χ2v) is 11.3. The molecule has 2 aromatic heterocycles. The van der Waals surface area contributed by atoms with Crippen LogP contribution < -0.4 is 5.32 Å². The highest BCUT2D eigenvalue weighted by atomic mass is 16.6. The molecule has 1 saturated heterocycles. The zero-order chi connectivity index (χ0) is 27.2. The van der Waals surface area contributed by atoms with Crippen molar-refractivity contribution in [1.29, 1.82) is 0 Å². The Morgan fingerprint density at radius 3 is 2.58 bits per heavy atom. The third kappa shape index (κ3) is 4.87. The number of aromatic nitrogens is 3. The number of para-hydroxylation sites is 1. The average molecular weight is 516 g/mol. The van der Waals surface area contributed by atoms with Crippen LogP contribution in [0.2, 0.25) is 0 Å². The monoisotopic (exact) mass is 515 g/mol. The number of imidazole rings is 1. The topological polar surface area (TPSA) is 81.4 Å². The molecule has 1 fully saturated rings. The Bertz CT molecular complexity index is 1510. The van der Waals surface area contributed by atoms with Crippen LogP contribution in [0.25, 0.3) is 33.5 Å². The van der Waals surface area contributed by atoms with Crippen LogP contribution in [0.15, 0.2) is 48.5 Å². The molecule has 0 saturated carbocycles. The largest absolute Gasteiger partial charge is 0.444 e. The number of ether oxygens (including phenoxy) is 1. The summed E-state index contributed by atoms with van der Waals surface area (Å²) < 4.78 is 9.78. The number of nitrogens with one attached hydrogen (secondary N) is 1. The Labute approximate surface area is 223 Å². The predicted octanol–water partition coefficient (Wildman–Crippen LogP) is 5.73. The van der Waals surface area contributed by atoms with E-state index in [1.54, 1.807) is 0 Å². The van der Waals surface area contributed by atoms with Crippen molar-refractivity contribution in [2.45, 2.75) is 71.7 Å². The zero-order valence-corrected chi connectivity index (χ0v) is 23.1. The van der Waals surface area contributed by atoms with Crippen molar-refractivity contribution < 1.29 is 14.3 Å². The number of piperidine rings is 1. The quantitative estimate of drug-likeness (QED) is 0.376. The number of alkyl carbamates (subject to hydrolysis) is 1. The summed E-state index contributed by atoms with van der Waals surface area (Å²) in [4.78, 5) is 32.8. The molecule has 200 valence electrons. The molecule has 38 heavy (non-hydrogen) atoms. The number of carbonyl (C=O) groups is 2. The van der Waals surface area contributed by atoms with Gasteiger partial charge in [-0.05, 0) is 77.8 Å². The molecule has 0 bridgehead atoms.